The van der Waals surface area contributed by atoms with E-state index in [1.165, 1.54) is 23.9 Å². The quantitative estimate of drug-likeness (QED) is 0.422. The molecule has 2 aromatic carbocycles. The second-order valence-corrected chi connectivity index (χ2v) is 8.61. The van der Waals surface area contributed by atoms with E-state index in [4.69, 9.17) is 11.6 Å². The minimum atomic E-state index is -0.317. The molecule has 0 bridgehead atoms. The molecule has 0 aliphatic carbocycles. The number of aromatic nitrogens is 1. The molecule has 1 aliphatic heterocycles. The van der Waals surface area contributed by atoms with Gasteiger partial charge in [-0.3, -0.25) is 9.69 Å². The molecule has 1 amide bonds. The van der Waals surface area contributed by atoms with E-state index in [0.29, 0.717) is 27.3 Å². The molecule has 4 nitrogen and oxygen atoms in total. The Morgan fingerprint density at radius 2 is 1.77 bits per heavy atom. The van der Waals surface area contributed by atoms with Crippen LogP contribution in [-0.4, -0.2) is 27.1 Å². The Balaban J connectivity index is 1.69. The van der Waals surface area contributed by atoms with Crippen LogP contribution in [0, 0.1) is 19.7 Å². The van der Waals surface area contributed by atoms with Crippen molar-refractivity contribution >= 4 is 46.2 Å². The monoisotopic (exact) mass is 453 g/mol. The molecule has 0 atom stereocenters. The number of carbonyl (C=O) groups is 1. The lowest BCUT2D eigenvalue weighted by atomic mass is 10.2. The van der Waals surface area contributed by atoms with Gasteiger partial charge >= 0.3 is 0 Å². The van der Waals surface area contributed by atoms with Gasteiger partial charge in [-0.25, -0.2) is 9.38 Å². The van der Waals surface area contributed by atoms with Gasteiger partial charge in [0.15, 0.2) is 5.17 Å². The first-order chi connectivity index (χ1) is 14.9. The average Bonchev–Trinajstić information content (AvgIpc) is 3.19. The summed E-state index contributed by atoms with van der Waals surface area (Å²) >= 11 is 7.36. The fraction of sp³-hybridized carbons (Fsp3) is 0.167. The number of hydrogen-bond acceptors (Lipinski definition) is 3. The maximum absolute atomic E-state index is 13.2. The summed E-state index contributed by atoms with van der Waals surface area (Å²) in [5.41, 5.74) is 4.70. The Morgan fingerprint density at radius 3 is 2.42 bits per heavy atom. The molecule has 7 heteroatoms. The molecule has 1 aliphatic rings. The lowest BCUT2D eigenvalue weighted by Gasteiger charge is -2.12. The first-order valence-corrected chi connectivity index (χ1v) is 11.1. The Morgan fingerprint density at radius 1 is 1.10 bits per heavy atom. The largest absolute Gasteiger partial charge is 0.318 e. The maximum atomic E-state index is 13.2. The number of aryl methyl sites for hydroxylation is 1. The van der Waals surface area contributed by atoms with Crippen molar-refractivity contribution in [1.82, 2.24) is 9.47 Å². The zero-order chi connectivity index (χ0) is 22.1. The number of amides is 1. The Labute approximate surface area is 190 Å². The van der Waals surface area contributed by atoms with Gasteiger partial charge in [0, 0.05) is 28.6 Å². The highest BCUT2D eigenvalue weighted by Gasteiger charge is 2.32. The maximum Gasteiger partial charge on any atom is 0.266 e. The van der Waals surface area contributed by atoms with Crippen LogP contribution in [0.2, 0.25) is 5.02 Å². The van der Waals surface area contributed by atoms with Crippen LogP contribution in [0.3, 0.4) is 0 Å². The molecular weight excluding hydrogens is 433 g/mol. The molecular formula is C24H21ClFN3OS. The van der Waals surface area contributed by atoms with Crippen LogP contribution in [-0.2, 0) is 4.79 Å². The third kappa shape index (κ3) is 4.31. The Hall–Kier alpha value is -2.83. The van der Waals surface area contributed by atoms with Crippen molar-refractivity contribution in [1.29, 1.82) is 0 Å². The third-order valence-electron chi connectivity index (χ3n) is 5.10. The second kappa shape index (κ2) is 8.73. The molecule has 0 saturated carbocycles. The molecule has 31 heavy (non-hydrogen) atoms. The number of amidine groups is 1. The molecule has 4 rings (SSSR count). The van der Waals surface area contributed by atoms with Gasteiger partial charge in [-0.1, -0.05) is 11.6 Å². The van der Waals surface area contributed by atoms with Crippen molar-refractivity contribution in [2.45, 2.75) is 20.8 Å². The van der Waals surface area contributed by atoms with Gasteiger partial charge in [0.1, 0.15) is 5.82 Å². The molecule has 158 valence electrons. The van der Waals surface area contributed by atoms with Crippen LogP contribution in [0.4, 0.5) is 10.1 Å². The van der Waals surface area contributed by atoms with Gasteiger partial charge in [0.25, 0.3) is 5.91 Å². The summed E-state index contributed by atoms with van der Waals surface area (Å²) in [6, 6.07) is 15.7. The standard InChI is InChI=1S/C24H21ClFN3OS/c1-4-28-23(30)22(31-24(28)27-20-9-7-19(26)8-10-20)14-17-13-15(2)29(16(17)3)21-11-5-18(25)6-12-21/h5-14H,4H2,1-3H3/b22-14-,27-24?. The summed E-state index contributed by atoms with van der Waals surface area (Å²) < 4.78 is 15.3. The number of nitrogens with zero attached hydrogens (tertiary/aromatic N) is 3. The minimum absolute atomic E-state index is 0.0790. The van der Waals surface area contributed by atoms with Crippen LogP contribution in [0.15, 0.2) is 64.5 Å². The molecule has 1 fully saturated rings. The SMILES string of the molecule is CCN1C(=O)/C(=C/c2cc(C)n(-c3ccc(Cl)cc3)c2C)SC1=Nc1ccc(F)cc1. The summed E-state index contributed by atoms with van der Waals surface area (Å²) in [6.45, 7) is 6.48. The normalized spacial score (nSPS) is 16.7. The van der Waals surface area contributed by atoms with Crippen molar-refractivity contribution in [3.8, 4) is 5.69 Å². The van der Waals surface area contributed by atoms with Gasteiger partial charge < -0.3 is 4.57 Å². The summed E-state index contributed by atoms with van der Waals surface area (Å²) in [5.74, 6) is -0.396. The van der Waals surface area contributed by atoms with Gasteiger partial charge in [-0.2, -0.15) is 0 Å². The lowest BCUT2D eigenvalue weighted by molar-refractivity contribution is -0.122. The highest BCUT2D eigenvalue weighted by atomic mass is 35.5. The fourth-order valence-corrected chi connectivity index (χ4v) is 4.74. The molecule has 2 heterocycles. The molecule has 3 aromatic rings. The number of thioether (sulfide) groups is 1. The van der Waals surface area contributed by atoms with Crippen LogP contribution < -0.4 is 0 Å². The zero-order valence-electron chi connectivity index (χ0n) is 17.4. The van der Waals surface area contributed by atoms with Crippen LogP contribution in [0.1, 0.15) is 23.9 Å². The minimum Gasteiger partial charge on any atom is -0.318 e. The van der Waals surface area contributed by atoms with Crippen molar-refractivity contribution in [2.24, 2.45) is 4.99 Å². The summed E-state index contributed by atoms with van der Waals surface area (Å²) in [5, 5.41) is 1.28. The second-order valence-electron chi connectivity index (χ2n) is 7.17. The smallest absolute Gasteiger partial charge is 0.266 e. The van der Waals surface area contributed by atoms with E-state index in [9.17, 15) is 9.18 Å². The van der Waals surface area contributed by atoms with Crippen molar-refractivity contribution < 1.29 is 9.18 Å². The number of rotatable bonds is 4. The van der Waals surface area contributed by atoms with E-state index >= 15 is 0 Å². The van der Waals surface area contributed by atoms with E-state index in [1.54, 1.807) is 17.0 Å². The average molecular weight is 454 g/mol. The molecule has 1 saturated heterocycles. The molecule has 1 aromatic heterocycles. The Bertz CT molecular complexity index is 1200. The Kier molecular flexibility index (Phi) is 6.03. The predicted octanol–water partition coefficient (Wildman–Crippen LogP) is 6.51. The first kappa shape index (κ1) is 21.4. The van der Waals surface area contributed by atoms with Gasteiger partial charge in [-0.05, 0) is 98.8 Å². The first-order valence-electron chi connectivity index (χ1n) is 9.88. The van der Waals surface area contributed by atoms with Crippen molar-refractivity contribution in [3.05, 3.63) is 87.3 Å². The topological polar surface area (TPSA) is 37.6 Å². The molecule has 0 unspecified atom stereocenters. The molecule has 0 radical (unpaired) electrons. The van der Waals surface area contributed by atoms with E-state index < -0.39 is 0 Å². The number of carbonyl (C=O) groups excluding carboxylic acids is 1. The summed E-state index contributed by atoms with van der Waals surface area (Å²) in [6.07, 6.45) is 1.91. The highest BCUT2D eigenvalue weighted by molar-refractivity contribution is 8.18. The van der Waals surface area contributed by atoms with Crippen molar-refractivity contribution in [3.63, 3.8) is 0 Å². The van der Waals surface area contributed by atoms with E-state index in [2.05, 4.69) is 15.6 Å². The van der Waals surface area contributed by atoms with Gasteiger partial charge in [-0.15, -0.1) is 0 Å². The van der Waals surface area contributed by atoms with Crippen molar-refractivity contribution in [2.75, 3.05) is 6.54 Å². The number of halogens is 2. The van der Waals surface area contributed by atoms with E-state index in [1.807, 2.05) is 51.1 Å². The summed E-state index contributed by atoms with van der Waals surface area (Å²) in [4.78, 5) is 19.8. The predicted molar refractivity (Wildman–Crippen MR) is 127 cm³/mol. The van der Waals surface area contributed by atoms with E-state index in [0.717, 1.165) is 22.6 Å². The van der Waals surface area contributed by atoms with Crippen LogP contribution in [0.5, 0.6) is 0 Å². The van der Waals surface area contributed by atoms with Crippen LogP contribution >= 0.6 is 23.4 Å². The van der Waals surface area contributed by atoms with Crippen LogP contribution in [0.25, 0.3) is 11.8 Å². The number of aliphatic imine (C=N–C) groups is 1. The number of benzene rings is 2. The third-order valence-corrected chi connectivity index (χ3v) is 6.36. The van der Waals surface area contributed by atoms with Gasteiger partial charge in [0.2, 0.25) is 0 Å². The fourth-order valence-electron chi connectivity index (χ4n) is 3.56. The summed E-state index contributed by atoms with van der Waals surface area (Å²) in [7, 11) is 0. The molecule has 0 spiro atoms. The highest BCUT2D eigenvalue weighted by Crippen LogP contribution is 2.35. The number of likely N-dealkylation sites (N-methyl/N-ethyl adjacent to an activating group) is 1. The number of hydrogen-bond donors (Lipinski definition) is 0. The van der Waals surface area contributed by atoms with E-state index in [-0.39, 0.29) is 11.7 Å². The lowest BCUT2D eigenvalue weighted by Crippen LogP contribution is -2.28. The zero-order valence-corrected chi connectivity index (χ0v) is 19.0. The molecule has 0 N–H and O–H groups in total. The van der Waals surface area contributed by atoms with Gasteiger partial charge in [0.05, 0.1) is 10.6 Å².